The van der Waals surface area contributed by atoms with E-state index in [1.165, 1.54) is 0 Å². The van der Waals surface area contributed by atoms with Gasteiger partial charge < -0.3 is 15.1 Å². The monoisotopic (exact) mass is 397 g/mol. The topological polar surface area (TPSA) is 74.6 Å². The summed E-state index contributed by atoms with van der Waals surface area (Å²) < 4.78 is 6.21. The van der Waals surface area contributed by atoms with E-state index in [-0.39, 0.29) is 17.9 Å². The van der Waals surface area contributed by atoms with Crippen LogP contribution in [0.3, 0.4) is 0 Å². The van der Waals surface area contributed by atoms with Gasteiger partial charge in [-0.3, -0.25) is 9.69 Å². The third-order valence-electron chi connectivity index (χ3n) is 6.05. The number of nitrogens with zero attached hydrogens (tertiary/aromatic N) is 1. The van der Waals surface area contributed by atoms with Gasteiger partial charge in [-0.2, -0.15) is 0 Å². The maximum Gasteiger partial charge on any atom is 0.321 e. The number of hydrogen-bond donors (Lipinski definition) is 2. The van der Waals surface area contributed by atoms with Crippen molar-refractivity contribution in [2.45, 2.75) is 12.3 Å². The first-order valence-electron chi connectivity index (χ1n) is 10.1. The highest BCUT2D eigenvalue weighted by atomic mass is 16.3. The van der Waals surface area contributed by atoms with E-state index in [1.54, 1.807) is 4.90 Å². The number of fused-ring (bicyclic) bond motifs is 4. The molecule has 0 spiro atoms. The number of furan rings is 1. The van der Waals surface area contributed by atoms with Gasteiger partial charge in [-0.1, -0.05) is 42.5 Å². The molecule has 4 aromatic rings. The van der Waals surface area contributed by atoms with Gasteiger partial charge in [-0.15, -0.1) is 0 Å². The second kappa shape index (κ2) is 6.35. The number of nitrogens with one attached hydrogen (secondary N) is 2. The molecule has 2 aliphatic rings. The van der Waals surface area contributed by atoms with Crippen LogP contribution in [0.5, 0.6) is 0 Å². The summed E-state index contributed by atoms with van der Waals surface area (Å²) in [4.78, 5) is 26.3. The fourth-order valence-corrected chi connectivity index (χ4v) is 4.66. The largest absolute Gasteiger partial charge is 0.456 e. The minimum absolute atomic E-state index is 0.0383. The highest BCUT2D eigenvalue weighted by molar-refractivity contribution is 6.06. The quantitative estimate of drug-likeness (QED) is 0.520. The molecule has 1 unspecified atom stereocenters. The molecule has 3 heterocycles. The maximum absolute atomic E-state index is 12.6. The van der Waals surface area contributed by atoms with E-state index in [4.69, 9.17) is 4.42 Å². The van der Waals surface area contributed by atoms with Crippen molar-refractivity contribution < 1.29 is 14.0 Å². The number of carbonyl (C=O) groups excluding carboxylic acids is 2. The molecular weight excluding hydrogens is 378 g/mol. The van der Waals surface area contributed by atoms with Crippen LogP contribution in [0.1, 0.15) is 23.5 Å². The number of benzene rings is 3. The molecule has 6 heteroatoms. The van der Waals surface area contributed by atoms with Crippen molar-refractivity contribution in [2.24, 2.45) is 0 Å². The van der Waals surface area contributed by atoms with Crippen LogP contribution < -0.4 is 15.5 Å². The van der Waals surface area contributed by atoms with Crippen molar-refractivity contribution >= 4 is 45.3 Å². The number of anilines is 2. The van der Waals surface area contributed by atoms with E-state index in [2.05, 4.69) is 22.8 Å². The van der Waals surface area contributed by atoms with Crippen LogP contribution in [-0.2, 0) is 4.79 Å². The number of urea groups is 1. The molecule has 6 nitrogen and oxygen atoms in total. The van der Waals surface area contributed by atoms with Crippen molar-refractivity contribution in [2.75, 3.05) is 23.3 Å². The van der Waals surface area contributed by atoms with Crippen molar-refractivity contribution in [3.8, 4) is 0 Å². The molecule has 2 aliphatic heterocycles. The summed E-state index contributed by atoms with van der Waals surface area (Å²) in [6.45, 7) is 1.24. The molecule has 0 radical (unpaired) electrons. The first kappa shape index (κ1) is 17.1. The second-order valence-corrected chi connectivity index (χ2v) is 7.78. The summed E-state index contributed by atoms with van der Waals surface area (Å²) in [5.74, 6) is -0.150. The van der Waals surface area contributed by atoms with E-state index < -0.39 is 0 Å². The van der Waals surface area contributed by atoms with Crippen LogP contribution in [-0.4, -0.2) is 25.0 Å². The van der Waals surface area contributed by atoms with E-state index >= 15 is 0 Å². The molecule has 1 atom stereocenters. The molecule has 0 aliphatic carbocycles. The molecule has 1 aromatic heterocycles. The van der Waals surface area contributed by atoms with Crippen molar-refractivity contribution in [3.63, 3.8) is 0 Å². The number of carbonyl (C=O) groups is 2. The van der Waals surface area contributed by atoms with Gasteiger partial charge in [0.05, 0.1) is 0 Å². The third kappa shape index (κ3) is 2.50. The smallest absolute Gasteiger partial charge is 0.321 e. The highest BCUT2D eigenvalue weighted by Gasteiger charge is 2.30. The molecule has 3 amide bonds. The minimum Gasteiger partial charge on any atom is -0.456 e. The Hall–Kier alpha value is -3.80. The average Bonchev–Trinajstić information content (AvgIpc) is 3.36. The average molecular weight is 397 g/mol. The van der Waals surface area contributed by atoms with E-state index in [0.29, 0.717) is 19.5 Å². The maximum atomic E-state index is 12.6. The lowest BCUT2D eigenvalue weighted by Gasteiger charge is -2.27. The van der Waals surface area contributed by atoms with Gasteiger partial charge in [0.2, 0.25) is 5.91 Å². The number of para-hydroxylation sites is 2. The molecule has 0 bridgehead atoms. The summed E-state index contributed by atoms with van der Waals surface area (Å²) in [6, 6.07) is 19.9. The van der Waals surface area contributed by atoms with Gasteiger partial charge in [-0.25, -0.2) is 4.79 Å². The van der Waals surface area contributed by atoms with Gasteiger partial charge in [0.15, 0.2) is 0 Å². The standard InChI is InChI=1S/C24H19N3O3/c28-22-13-19(15-9-8-14(12-20(15)26-22)27-11-10-25-24(27)29)18-6-3-5-17-16-4-1-2-7-21(16)30-23(17)18/h1-9,12,19H,10-11,13H2,(H,25,29)(H,26,28). The fourth-order valence-electron chi connectivity index (χ4n) is 4.66. The lowest BCUT2D eigenvalue weighted by Crippen LogP contribution is -2.28. The first-order chi connectivity index (χ1) is 14.7. The molecule has 30 heavy (non-hydrogen) atoms. The van der Waals surface area contributed by atoms with Crippen molar-refractivity contribution in [3.05, 3.63) is 71.8 Å². The van der Waals surface area contributed by atoms with E-state index in [9.17, 15) is 9.59 Å². The van der Waals surface area contributed by atoms with Gasteiger partial charge >= 0.3 is 6.03 Å². The summed E-state index contributed by atoms with van der Waals surface area (Å²) in [5.41, 5.74) is 5.24. The fraction of sp³-hybridized carbons (Fsp3) is 0.167. The number of hydrogen-bond acceptors (Lipinski definition) is 3. The van der Waals surface area contributed by atoms with Crippen LogP contribution in [0.2, 0.25) is 0 Å². The molecule has 148 valence electrons. The van der Waals surface area contributed by atoms with Crippen molar-refractivity contribution in [1.29, 1.82) is 0 Å². The van der Waals surface area contributed by atoms with E-state index in [1.807, 2.05) is 48.5 Å². The van der Waals surface area contributed by atoms with Crippen LogP contribution in [0, 0.1) is 0 Å². The normalized spacial score (nSPS) is 18.5. The van der Waals surface area contributed by atoms with Crippen LogP contribution >= 0.6 is 0 Å². The molecule has 2 N–H and O–H groups in total. The predicted octanol–water partition coefficient (Wildman–Crippen LogP) is 4.59. The van der Waals surface area contributed by atoms with E-state index in [0.717, 1.165) is 44.4 Å². The second-order valence-electron chi connectivity index (χ2n) is 7.78. The predicted molar refractivity (Wildman–Crippen MR) is 116 cm³/mol. The first-order valence-corrected chi connectivity index (χ1v) is 10.1. The van der Waals surface area contributed by atoms with Gasteiger partial charge in [0.1, 0.15) is 11.2 Å². The van der Waals surface area contributed by atoms with Gasteiger partial charge in [0, 0.05) is 53.1 Å². The van der Waals surface area contributed by atoms with Crippen LogP contribution in [0.25, 0.3) is 21.9 Å². The zero-order valence-electron chi connectivity index (χ0n) is 16.1. The minimum atomic E-state index is -0.112. The Morgan fingerprint density at radius 1 is 0.933 bits per heavy atom. The number of amides is 3. The van der Waals surface area contributed by atoms with Gasteiger partial charge in [-0.05, 0) is 23.8 Å². The van der Waals surface area contributed by atoms with Crippen LogP contribution in [0.4, 0.5) is 16.2 Å². The Morgan fingerprint density at radius 2 is 1.80 bits per heavy atom. The summed E-state index contributed by atoms with van der Waals surface area (Å²) in [5, 5.41) is 7.93. The zero-order valence-corrected chi connectivity index (χ0v) is 16.1. The SMILES string of the molecule is O=C1CC(c2cccc3c2oc2ccccc23)c2ccc(N3CCNC3=O)cc2N1. The molecule has 1 saturated heterocycles. The summed E-state index contributed by atoms with van der Waals surface area (Å²) in [7, 11) is 0. The lowest BCUT2D eigenvalue weighted by molar-refractivity contribution is -0.116. The van der Waals surface area contributed by atoms with Crippen LogP contribution in [0.15, 0.2) is 65.1 Å². The zero-order chi connectivity index (χ0) is 20.2. The Kier molecular flexibility index (Phi) is 3.62. The Balaban J connectivity index is 1.50. The van der Waals surface area contributed by atoms with Crippen molar-refractivity contribution in [1.82, 2.24) is 5.32 Å². The molecule has 3 aromatic carbocycles. The summed E-state index contributed by atoms with van der Waals surface area (Å²) >= 11 is 0. The molecule has 1 fully saturated rings. The lowest BCUT2D eigenvalue weighted by atomic mass is 9.84. The molecule has 6 rings (SSSR count). The summed E-state index contributed by atoms with van der Waals surface area (Å²) in [6.07, 6.45) is 0.354. The molecular formula is C24H19N3O3. The Morgan fingerprint density at radius 3 is 2.67 bits per heavy atom. The molecule has 0 saturated carbocycles. The van der Waals surface area contributed by atoms with Gasteiger partial charge in [0.25, 0.3) is 0 Å². The Bertz CT molecular complexity index is 1340. The number of rotatable bonds is 2. The highest BCUT2D eigenvalue weighted by Crippen LogP contribution is 2.43. The third-order valence-corrected chi connectivity index (χ3v) is 6.05. The Labute approximate surface area is 172 Å².